The van der Waals surface area contributed by atoms with Crippen molar-refractivity contribution >= 4 is 5.91 Å². The number of piperidine rings is 2. The smallest absolute Gasteiger partial charge is 0.225 e. The SMILES string of the molecule is O=C(C1CCNCC1)N1CCC[C@H](CO)C1. The van der Waals surface area contributed by atoms with Gasteiger partial charge in [-0.25, -0.2) is 0 Å². The summed E-state index contributed by atoms with van der Waals surface area (Å²) in [5.74, 6) is 0.845. The van der Waals surface area contributed by atoms with Gasteiger partial charge >= 0.3 is 0 Å². The number of rotatable bonds is 2. The summed E-state index contributed by atoms with van der Waals surface area (Å²) in [5.41, 5.74) is 0. The van der Waals surface area contributed by atoms with Crippen LogP contribution in [0.1, 0.15) is 25.7 Å². The molecule has 2 heterocycles. The maximum atomic E-state index is 12.2. The summed E-state index contributed by atoms with van der Waals surface area (Å²) in [4.78, 5) is 14.2. The predicted molar refractivity (Wildman–Crippen MR) is 62.0 cm³/mol. The van der Waals surface area contributed by atoms with Gasteiger partial charge in [0.15, 0.2) is 0 Å². The van der Waals surface area contributed by atoms with Crippen molar-refractivity contribution in [3.05, 3.63) is 0 Å². The van der Waals surface area contributed by atoms with Crippen LogP contribution in [-0.2, 0) is 4.79 Å². The van der Waals surface area contributed by atoms with Crippen molar-refractivity contribution < 1.29 is 9.90 Å². The number of nitrogens with zero attached hydrogens (tertiary/aromatic N) is 1. The minimum absolute atomic E-state index is 0.218. The van der Waals surface area contributed by atoms with E-state index in [0.29, 0.717) is 11.8 Å². The molecule has 2 N–H and O–H groups in total. The average Bonchev–Trinajstić information content (AvgIpc) is 2.39. The van der Waals surface area contributed by atoms with Crippen molar-refractivity contribution in [1.82, 2.24) is 10.2 Å². The van der Waals surface area contributed by atoms with E-state index in [-0.39, 0.29) is 12.5 Å². The lowest BCUT2D eigenvalue weighted by molar-refractivity contribution is -0.138. The number of amides is 1. The Morgan fingerprint density at radius 2 is 2.06 bits per heavy atom. The molecular formula is C12H22N2O2. The number of likely N-dealkylation sites (tertiary alicyclic amines) is 1. The van der Waals surface area contributed by atoms with Crippen LogP contribution in [0.15, 0.2) is 0 Å². The van der Waals surface area contributed by atoms with Crippen LogP contribution in [0.25, 0.3) is 0 Å². The molecule has 4 heteroatoms. The zero-order valence-electron chi connectivity index (χ0n) is 9.82. The van der Waals surface area contributed by atoms with Crippen molar-refractivity contribution in [1.29, 1.82) is 0 Å². The summed E-state index contributed by atoms with van der Waals surface area (Å²) in [6, 6.07) is 0. The summed E-state index contributed by atoms with van der Waals surface area (Å²) < 4.78 is 0. The number of hydrogen-bond donors (Lipinski definition) is 2. The van der Waals surface area contributed by atoms with Gasteiger partial charge in [0.1, 0.15) is 0 Å². The van der Waals surface area contributed by atoms with Gasteiger partial charge in [-0.15, -0.1) is 0 Å². The molecule has 0 bridgehead atoms. The number of nitrogens with one attached hydrogen (secondary N) is 1. The van der Waals surface area contributed by atoms with Crippen molar-refractivity contribution in [3.63, 3.8) is 0 Å². The molecule has 4 nitrogen and oxygen atoms in total. The summed E-state index contributed by atoms with van der Waals surface area (Å²) >= 11 is 0. The molecule has 1 amide bonds. The van der Waals surface area contributed by atoms with E-state index in [4.69, 9.17) is 5.11 Å². The molecule has 2 fully saturated rings. The topological polar surface area (TPSA) is 52.6 Å². The van der Waals surface area contributed by atoms with E-state index in [1.807, 2.05) is 4.90 Å². The first-order valence-electron chi connectivity index (χ1n) is 6.41. The normalized spacial score (nSPS) is 28.1. The van der Waals surface area contributed by atoms with Crippen LogP contribution in [-0.4, -0.2) is 48.7 Å². The number of aliphatic hydroxyl groups excluding tert-OH is 1. The Kier molecular flexibility index (Phi) is 4.18. The molecule has 0 aliphatic carbocycles. The molecule has 0 saturated carbocycles. The molecule has 0 unspecified atom stereocenters. The third-order valence-corrected chi connectivity index (χ3v) is 3.78. The highest BCUT2D eigenvalue weighted by Crippen LogP contribution is 2.21. The van der Waals surface area contributed by atoms with Gasteiger partial charge < -0.3 is 15.3 Å². The van der Waals surface area contributed by atoms with Crippen LogP contribution >= 0.6 is 0 Å². The van der Waals surface area contributed by atoms with Gasteiger partial charge in [-0.05, 0) is 44.7 Å². The lowest BCUT2D eigenvalue weighted by Crippen LogP contribution is -2.46. The molecule has 0 radical (unpaired) electrons. The van der Waals surface area contributed by atoms with Crippen molar-refractivity contribution in [2.75, 3.05) is 32.8 Å². The van der Waals surface area contributed by atoms with E-state index in [1.54, 1.807) is 0 Å². The standard InChI is InChI=1S/C12H22N2O2/c15-9-10-2-1-7-14(8-10)12(16)11-3-5-13-6-4-11/h10-11,13,15H,1-9H2/t10-/m0/s1. The Bertz CT molecular complexity index is 239. The third kappa shape index (κ3) is 2.74. The first kappa shape index (κ1) is 11.9. The van der Waals surface area contributed by atoms with E-state index in [0.717, 1.165) is 51.9 Å². The molecule has 2 aliphatic heterocycles. The molecule has 0 spiro atoms. The van der Waals surface area contributed by atoms with Crippen LogP contribution in [0.5, 0.6) is 0 Å². The van der Waals surface area contributed by atoms with Gasteiger partial charge in [0.05, 0.1) is 0 Å². The zero-order valence-corrected chi connectivity index (χ0v) is 9.82. The second-order valence-corrected chi connectivity index (χ2v) is 5.00. The minimum atomic E-state index is 0.218. The monoisotopic (exact) mass is 226 g/mol. The number of hydrogen-bond acceptors (Lipinski definition) is 3. The Morgan fingerprint density at radius 3 is 2.75 bits per heavy atom. The van der Waals surface area contributed by atoms with E-state index in [2.05, 4.69) is 5.32 Å². The van der Waals surface area contributed by atoms with E-state index >= 15 is 0 Å². The van der Waals surface area contributed by atoms with Gasteiger partial charge in [-0.1, -0.05) is 0 Å². The predicted octanol–water partition coefficient (Wildman–Crippen LogP) is 0.217. The maximum Gasteiger partial charge on any atom is 0.225 e. The highest BCUT2D eigenvalue weighted by molar-refractivity contribution is 5.79. The molecule has 16 heavy (non-hydrogen) atoms. The number of carbonyl (C=O) groups excluding carboxylic acids is 1. The molecular weight excluding hydrogens is 204 g/mol. The zero-order chi connectivity index (χ0) is 11.4. The van der Waals surface area contributed by atoms with Crippen molar-refractivity contribution in [2.24, 2.45) is 11.8 Å². The molecule has 2 saturated heterocycles. The van der Waals surface area contributed by atoms with Gasteiger partial charge in [-0.3, -0.25) is 4.79 Å². The molecule has 2 aliphatic rings. The molecule has 2 rings (SSSR count). The fraction of sp³-hybridized carbons (Fsp3) is 0.917. The lowest BCUT2D eigenvalue weighted by atomic mass is 9.93. The molecule has 0 aromatic carbocycles. The first-order valence-corrected chi connectivity index (χ1v) is 6.41. The fourth-order valence-electron chi connectivity index (χ4n) is 2.74. The lowest BCUT2D eigenvalue weighted by Gasteiger charge is -2.35. The minimum Gasteiger partial charge on any atom is -0.396 e. The third-order valence-electron chi connectivity index (χ3n) is 3.78. The van der Waals surface area contributed by atoms with Gasteiger partial charge in [-0.2, -0.15) is 0 Å². The van der Waals surface area contributed by atoms with Crippen LogP contribution in [0.3, 0.4) is 0 Å². The number of carbonyl (C=O) groups is 1. The Hall–Kier alpha value is -0.610. The van der Waals surface area contributed by atoms with Crippen LogP contribution in [0, 0.1) is 11.8 Å². The van der Waals surface area contributed by atoms with E-state index in [1.165, 1.54) is 0 Å². The highest BCUT2D eigenvalue weighted by Gasteiger charge is 2.29. The van der Waals surface area contributed by atoms with Gasteiger partial charge in [0.2, 0.25) is 5.91 Å². The molecule has 0 aromatic rings. The van der Waals surface area contributed by atoms with E-state index in [9.17, 15) is 4.79 Å². The summed E-state index contributed by atoms with van der Waals surface area (Å²) in [7, 11) is 0. The van der Waals surface area contributed by atoms with Crippen molar-refractivity contribution in [3.8, 4) is 0 Å². The van der Waals surface area contributed by atoms with Crippen molar-refractivity contribution in [2.45, 2.75) is 25.7 Å². The Labute approximate surface area is 97.0 Å². The van der Waals surface area contributed by atoms with Crippen LogP contribution in [0.4, 0.5) is 0 Å². The average molecular weight is 226 g/mol. The number of aliphatic hydroxyl groups is 1. The quantitative estimate of drug-likeness (QED) is 0.708. The molecule has 1 atom stereocenters. The van der Waals surface area contributed by atoms with Crippen LogP contribution < -0.4 is 5.32 Å². The van der Waals surface area contributed by atoms with Crippen LogP contribution in [0.2, 0.25) is 0 Å². The second-order valence-electron chi connectivity index (χ2n) is 5.00. The molecule has 92 valence electrons. The first-order chi connectivity index (χ1) is 7.81. The van der Waals surface area contributed by atoms with Gasteiger partial charge in [0.25, 0.3) is 0 Å². The summed E-state index contributed by atoms with van der Waals surface area (Å²) in [5, 5.41) is 12.4. The summed E-state index contributed by atoms with van der Waals surface area (Å²) in [6.45, 7) is 3.80. The van der Waals surface area contributed by atoms with Gasteiger partial charge in [0, 0.05) is 25.6 Å². The second kappa shape index (κ2) is 5.64. The maximum absolute atomic E-state index is 12.2. The highest BCUT2D eigenvalue weighted by atomic mass is 16.3. The molecule has 0 aromatic heterocycles. The Morgan fingerprint density at radius 1 is 1.31 bits per heavy atom. The Balaban J connectivity index is 1.87. The fourth-order valence-corrected chi connectivity index (χ4v) is 2.74. The summed E-state index contributed by atoms with van der Waals surface area (Å²) in [6.07, 6.45) is 4.05. The van der Waals surface area contributed by atoms with E-state index < -0.39 is 0 Å². The largest absolute Gasteiger partial charge is 0.396 e.